The molecule has 0 bridgehead atoms. The van der Waals surface area contributed by atoms with Crippen molar-refractivity contribution >= 4 is 26.7 Å². The number of hydrogen-bond acceptors (Lipinski definition) is 5. The fraction of sp³-hybridized carbons (Fsp3) is 0.0417. The van der Waals surface area contributed by atoms with Crippen molar-refractivity contribution in [2.75, 3.05) is 4.72 Å². The summed E-state index contributed by atoms with van der Waals surface area (Å²) < 4.78 is 28.8. The van der Waals surface area contributed by atoms with Crippen molar-refractivity contribution in [1.29, 1.82) is 0 Å². The normalized spacial score (nSPS) is 11.5. The van der Waals surface area contributed by atoms with E-state index in [-0.39, 0.29) is 4.90 Å². The van der Waals surface area contributed by atoms with Crippen LogP contribution in [0.1, 0.15) is 5.82 Å². The molecule has 5 aromatic rings. The number of sulfonamides is 1. The number of aryl methyl sites for hydroxylation is 1. The zero-order valence-corrected chi connectivity index (χ0v) is 18.0. The summed E-state index contributed by atoms with van der Waals surface area (Å²) in [6.45, 7) is 1.81. The van der Waals surface area contributed by atoms with Crippen LogP contribution in [0.15, 0.2) is 90.0 Å². The maximum absolute atomic E-state index is 13.1. The van der Waals surface area contributed by atoms with Gasteiger partial charge in [-0.1, -0.05) is 42.5 Å². The molecule has 0 atom stereocenters. The van der Waals surface area contributed by atoms with Crippen LogP contribution in [0, 0.1) is 6.92 Å². The molecule has 0 spiro atoms. The van der Waals surface area contributed by atoms with Crippen LogP contribution in [0.2, 0.25) is 0 Å². The van der Waals surface area contributed by atoms with Gasteiger partial charge in [-0.25, -0.2) is 23.4 Å². The maximum atomic E-state index is 13.1. The third kappa shape index (κ3) is 3.95. The Labute approximate surface area is 185 Å². The van der Waals surface area contributed by atoms with Gasteiger partial charge in [0.25, 0.3) is 10.0 Å². The first-order valence-corrected chi connectivity index (χ1v) is 11.4. The van der Waals surface area contributed by atoms with Crippen molar-refractivity contribution in [3.05, 3.63) is 90.9 Å². The molecule has 2 heterocycles. The second-order valence-corrected chi connectivity index (χ2v) is 8.99. The van der Waals surface area contributed by atoms with Crippen LogP contribution in [0.5, 0.6) is 0 Å². The highest BCUT2D eigenvalue weighted by Gasteiger charge is 2.17. The van der Waals surface area contributed by atoms with Gasteiger partial charge in [0.15, 0.2) is 0 Å². The lowest BCUT2D eigenvalue weighted by molar-refractivity contribution is 0.601. The van der Waals surface area contributed by atoms with E-state index >= 15 is 0 Å². The predicted octanol–water partition coefficient (Wildman–Crippen LogP) is 4.80. The Hall–Kier alpha value is -4.04. The first-order chi connectivity index (χ1) is 15.5. The summed E-state index contributed by atoms with van der Waals surface area (Å²) in [5, 5.41) is 0. The monoisotopic (exact) mass is 441 g/mol. The van der Waals surface area contributed by atoms with Crippen LogP contribution in [0.4, 0.5) is 5.69 Å². The fourth-order valence-electron chi connectivity index (χ4n) is 3.46. The Kier molecular flexibility index (Phi) is 4.91. The number of H-pyrrole nitrogens is 1. The summed E-state index contributed by atoms with van der Waals surface area (Å²) in [5.74, 6) is 1.34. The number of rotatable bonds is 5. The molecule has 5 rings (SSSR count). The molecule has 0 radical (unpaired) electrons. The number of fused-ring (bicyclic) bond motifs is 1. The Morgan fingerprint density at radius 2 is 1.66 bits per heavy atom. The van der Waals surface area contributed by atoms with Crippen LogP contribution in [0.25, 0.3) is 33.7 Å². The number of aromatic nitrogens is 4. The smallest absolute Gasteiger partial charge is 0.261 e. The second kappa shape index (κ2) is 7.90. The summed E-state index contributed by atoms with van der Waals surface area (Å²) in [6, 6.07) is 23.4. The predicted molar refractivity (Wildman–Crippen MR) is 125 cm³/mol. The number of nitrogens with one attached hydrogen (secondary N) is 2. The van der Waals surface area contributed by atoms with Gasteiger partial charge in [0.2, 0.25) is 0 Å². The highest BCUT2D eigenvalue weighted by molar-refractivity contribution is 7.92. The van der Waals surface area contributed by atoms with Gasteiger partial charge in [-0.05, 0) is 43.3 Å². The van der Waals surface area contributed by atoms with Crippen molar-refractivity contribution in [2.24, 2.45) is 0 Å². The topological polar surface area (TPSA) is 101 Å². The summed E-state index contributed by atoms with van der Waals surface area (Å²) in [5.41, 5.74) is 4.26. The minimum absolute atomic E-state index is 0.150. The molecule has 3 aromatic carbocycles. The average Bonchev–Trinajstić information content (AvgIpc) is 3.23. The molecule has 8 heteroatoms. The molecule has 0 aliphatic heterocycles. The summed E-state index contributed by atoms with van der Waals surface area (Å²) in [7, 11) is -3.80. The molecule has 7 nitrogen and oxygen atoms in total. The van der Waals surface area contributed by atoms with Crippen molar-refractivity contribution in [3.8, 4) is 22.6 Å². The molecule has 2 aromatic heterocycles. The molecule has 0 unspecified atom stereocenters. The van der Waals surface area contributed by atoms with Gasteiger partial charge in [0, 0.05) is 23.0 Å². The summed E-state index contributed by atoms with van der Waals surface area (Å²) in [4.78, 5) is 16.4. The molecule has 0 aliphatic carbocycles. The number of benzene rings is 3. The van der Waals surface area contributed by atoms with Gasteiger partial charge in [0.1, 0.15) is 11.6 Å². The van der Waals surface area contributed by atoms with Crippen LogP contribution < -0.4 is 4.72 Å². The molecule has 0 fully saturated rings. The lowest BCUT2D eigenvalue weighted by atomic mass is 10.1. The molecule has 158 valence electrons. The van der Waals surface area contributed by atoms with E-state index in [1.54, 1.807) is 48.7 Å². The third-order valence-electron chi connectivity index (χ3n) is 5.00. The fourth-order valence-corrected chi connectivity index (χ4v) is 4.54. The number of nitrogens with zero attached hydrogens (tertiary/aromatic N) is 3. The molecule has 32 heavy (non-hydrogen) atoms. The molecular formula is C24H19N5O2S. The van der Waals surface area contributed by atoms with Gasteiger partial charge in [-0.2, -0.15) is 0 Å². The minimum Gasteiger partial charge on any atom is -0.338 e. The van der Waals surface area contributed by atoms with Crippen molar-refractivity contribution < 1.29 is 8.42 Å². The van der Waals surface area contributed by atoms with Gasteiger partial charge in [0.05, 0.1) is 21.6 Å². The van der Waals surface area contributed by atoms with E-state index in [0.29, 0.717) is 28.4 Å². The molecular weight excluding hydrogens is 422 g/mol. The Bertz CT molecular complexity index is 1530. The van der Waals surface area contributed by atoms with Gasteiger partial charge in [-0.15, -0.1) is 0 Å². The number of aromatic amines is 1. The third-order valence-corrected chi connectivity index (χ3v) is 6.38. The molecule has 0 saturated carbocycles. The van der Waals surface area contributed by atoms with Crippen molar-refractivity contribution in [3.63, 3.8) is 0 Å². The number of imidazole rings is 1. The molecule has 0 saturated heterocycles. The van der Waals surface area contributed by atoms with Gasteiger partial charge in [-0.3, -0.25) is 4.72 Å². The molecule has 0 amide bonds. The average molecular weight is 442 g/mol. The zero-order valence-electron chi connectivity index (χ0n) is 17.1. The van der Waals surface area contributed by atoms with Crippen LogP contribution in [-0.2, 0) is 10.0 Å². The quantitative estimate of drug-likeness (QED) is 0.408. The summed E-state index contributed by atoms with van der Waals surface area (Å²) >= 11 is 0. The van der Waals surface area contributed by atoms with E-state index in [2.05, 4.69) is 24.7 Å². The van der Waals surface area contributed by atoms with Crippen LogP contribution in [-0.4, -0.2) is 28.4 Å². The van der Waals surface area contributed by atoms with E-state index < -0.39 is 10.0 Å². The van der Waals surface area contributed by atoms with Crippen LogP contribution >= 0.6 is 0 Å². The zero-order chi connectivity index (χ0) is 22.1. The lowest BCUT2D eigenvalue weighted by Crippen LogP contribution is -2.12. The van der Waals surface area contributed by atoms with E-state index in [1.807, 2.05) is 43.3 Å². The Morgan fingerprint density at radius 3 is 2.47 bits per heavy atom. The highest BCUT2D eigenvalue weighted by Crippen LogP contribution is 2.26. The first-order valence-electron chi connectivity index (χ1n) is 9.96. The van der Waals surface area contributed by atoms with Gasteiger partial charge < -0.3 is 4.98 Å². The van der Waals surface area contributed by atoms with E-state index in [9.17, 15) is 8.42 Å². The van der Waals surface area contributed by atoms with E-state index in [4.69, 9.17) is 0 Å². The summed E-state index contributed by atoms with van der Waals surface area (Å²) in [6.07, 6.45) is 1.68. The Balaban J connectivity index is 1.45. The SMILES string of the molecule is Cc1nccc(-c2cccc(NS(=O)(=O)c3ccc4nc(-c5ccccc5)[nH]c4c3)c2)n1. The largest absolute Gasteiger partial charge is 0.338 e. The Morgan fingerprint density at radius 1 is 0.844 bits per heavy atom. The number of hydrogen-bond donors (Lipinski definition) is 2. The van der Waals surface area contributed by atoms with Crippen LogP contribution in [0.3, 0.4) is 0 Å². The standard InChI is InChI=1S/C24H19N5O2S/c1-16-25-13-12-21(26-16)18-8-5-9-19(14-18)29-32(30,31)20-10-11-22-23(15-20)28-24(27-22)17-6-3-2-4-7-17/h2-15,29H,1H3,(H,27,28). The van der Waals surface area contributed by atoms with E-state index in [0.717, 1.165) is 16.8 Å². The minimum atomic E-state index is -3.80. The highest BCUT2D eigenvalue weighted by atomic mass is 32.2. The number of anilines is 1. The molecule has 2 N–H and O–H groups in total. The van der Waals surface area contributed by atoms with E-state index in [1.165, 1.54) is 0 Å². The first kappa shape index (κ1) is 19.9. The maximum Gasteiger partial charge on any atom is 0.261 e. The second-order valence-electron chi connectivity index (χ2n) is 7.31. The van der Waals surface area contributed by atoms with Crippen molar-refractivity contribution in [1.82, 2.24) is 19.9 Å². The van der Waals surface area contributed by atoms with Crippen molar-refractivity contribution in [2.45, 2.75) is 11.8 Å². The lowest BCUT2D eigenvalue weighted by Gasteiger charge is -2.10. The van der Waals surface area contributed by atoms with Gasteiger partial charge >= 0.3 is 0 Å². The molecule has 0 aliphatic rings.